The Morgan fingerprint density at radius 2 is 1.82 bits per heavy atom. The Morgan fingerprint density at radius 3 is 2.47 bits per heavy atom. The number of rotatable bonds is 7. The van der Waals surface area contributed by atoms with Crippen LogP contribution in [0.4, 0.5) is 28.8 Å². The number of nitrogens with one attached hydrogen (secondary N) is 3. The molecule has 0 saturated heterocycles. The molecule has 0 radical (unpaired) electrons. The van der Waals surface area contributed by atoms with E-state index in [1.165, 1.54) is 11.0 Å². The van der Waals surface area contributed by atoms with Gasteiger partial charge in [0, 0.05) is 13.1 Å². The van der Waals surface area contributed by atoms with E-state index in [0.29, 0.717) is 39.9 Å². The molecule has 0 bridgehead atoms. The van der Waals surface area contributed by atoms with Gasteiger partial charge in [-0.2, -0.15) is 4.98 Å². The van der Waals surface area contributed by atoms with Crippen molar-refractivity contribution in [3.05, 3.63) is 66.9 Å². The van der Waals surface area contributed by atoms with Gasteiger partial charge < -0.3 is 25.4 Å². The third-order valence-electron chi connectivity index (χ3n) is 5.29. The molecule has 174 valence electrons. The number of carbonyl (C=O) groups excluding carboxylic acids is 2. The maximum absolute atomic E-state index is 13.2. The molecule has 0 spiro atoms. The fraction of sp³-hybridized carbons (Fsp3) is 0.167. The van der Waals surface area contributed by atoms with E-state index >= 15 is 0 Å². The molecule has 2 amide bonds. The molecular formula is C24H24N6O4. The molecule has 0 aliphatic carbocycles. The minimum absolute atomic E-state index is 0.203. The quantitative estimate of drug-likeness (QED) is 0.459. The zero-order valence-corrected chi connectivity index (χ0v) is 19.0. The van der Waals surface area contributed by atoms with Gasteiger partial charge >= 0.3 is 0 Å². The number of nitrogens with zero attached hydrogens (tertiary/aromatic N) is 3. The molecule has 1 aliphatic rings. The molecule has 10 nitrogen and oxygen atoms in total. The molecule has 10 heteroatoms. The Morgan fingerprint density at radius 1 is 1.15 bits per heavy atom. The van der Waals surface area contributed by atoms with Crippen LogP contribution in [0.25, 0.3) is 0 Å². The molecule has 0 fully saturated rings. The summed E-state index contributed by atoms with van der Waals surface area (Å²) in [7, 11) is 4.76. The number of hydrogen-bond donors (Lipinski definition) is 3. The van der Waals surface area contributed by atoms with Crippen molar-refractivity contribution in [3.63, 3.8) is 0 Å². The van der Waals surface area contributed by atoms with Gasteiger partial charge in [0.15, 0.2) is 5.82 Å². The molecule has 2 aromatic carbocycles. The lowest BCUT2D eigenvalue weighted by molar-refractivity contribution is -0.119. The number of aromatic nitrogens is 2. The first-order valence-electron chi connectivity index (χ1n) is 10.4. The summed E-state index contributed by atoms with van der Waals surface area (Å²) in [6.07, 6.45) is 2.79. The van der Waals surface area contributed by atoms with Crippen LogP contribution < -0.4 is 30.3 Å². The number of carbonyl (C=O) groups is 2. The first-order valence-corrected chi connectivity index (χ1v) is 10.4. The molecule has 2 heterocycles. The van der Waals surface area contributed by atoms with E-state index in [1.807, 2.05) is 6.07 Å². The monoisotopic (exact) mass is 460 g/mol. The number of amides is 2. The Bertz CT molecular complexity index is 1240. The fourth-order valence-electron chi connectivity index (χ4n) is 3.53. The summed E-state index contributed by atoms with van der Waals surface area (Å²) in [4.78, 5) is 35.3. The third-order valence-corrected chi connectivity index (χ3v) is 5.29. The van der Waals surface area contributed by atoms with E-state index in [0.717, 1.165) is 0 Å². The molecule has 1 aliphatic heterocycles. The number of likely N-dealkylation sites (N-methyl/N-ethyl adjacent to an activating group) is 1. The van der Waals surface area contributed by atoms with E-state index in [-0.39, 0.29) is 17.8 Å². The summed E-state index contributed by atoms with van der Waals surface area (Å²) in [6.45, 7) is 3.47. The van der Waals surface area contributed by atoms with E-state index in [9.17, 15) is 9.59 Å². The molecule has 3 N–H and O–H groups in total. The van der Waals surface area contributed by atoms with Crippen LogP contribution in [-0.2, 0) is 9.59 Å². The summed E-state index contributed by atoms with van der Waals surface area (Å²) in [5, 5.41) is 9.03. The normalized spacial score (nSPS) is 14.5. The van der Waals surface area contributed by atoms with Crippen molar-refractivity contribution in [2.45, 2.75) is 6.04 Å². The molecule has 1 unspecified atom stereocenters. The third kappa shape index (κ3) is 4.46. The number of benzene rings is 2. The smallest absolute Gasteiger partial charge is 0.255 e. The summed E-state index contributed by atoms with van der Waals surface area (Å²) in [5.74, 6) is 1.30. The number of fused-ring (bicyclic) bond motifs is 1. The summed E-state index contributed by atoms with van der Waals surface area (Å²) in [6, 6.07) is 11.8. The molecule has 3 aromatic rings. The molecule has 1 atom stereocenters. The van der Waals surface area contributed by atoms with Crippen LogP contribution in [0, 0.1) is 0 Å². The van der Waals surface area contributed by atoms with Crippen LogP contribution in [0.3, 0.4) is 0 Å². The van der Waals surface area contributed by atoms with Gasteiger partial charge in [-0.25, -0.2) is 4.98 Å². The largest absolute Gasteiger partial charge is 0.497 e. The Kier molecular flexibility index (Phi) is 6.30. The second kappa shape index (κ2) is 9.49. The van der Waals surface area contributed by atoms with Crippen molar-refractivity contribution in [1.29, 1.82) is 0 Å². The first-order chi connectivity index (χ1) is 16.4. The highest BCUT2D eigenvalue weighted by Crippen LogP contribution is 2.37. The van der Waals surface area contributed by atoms with Gasteiger partial charge in [0.2, 0.25) is 11.9 Å². The topological polar surface area (TPSA) is 118 Å². The standard InChI is InChI=1S/C24H24N6O4/c1-5-20(31)26-17-8-6-7-9-18(17)28-24-25-13-19-22(29-24)30(2)23(32)21(27-19)14-10-15(33-3)12-16(11-14)34-4/h5-13,21,27H,1H2,2-4H3,(H,26,31)(H,25,28,29). The maximum Gasteiger partial charge on any atom is 0.255 e. The number of para-hydroxylation sites is 2. The van der Waals surface area contributed by atoms with Crippen molar-refractivity contribution in [2.24, 2.45) is 0 Å². The van der Waals surface area contributed by atoms with Gasteiger partial charge in [-0.15, -0.1) is 0 Å². The molecule has 34 heavy (non-hydrogen) atoms. The van der Waals surface area contributed by atoms with Crippen LogP contribution in [0.1, 0.15) is 11.6 Å². The zero-order valence-electron chi connectivity index (χ0n) is 19.0. The van der Waals surface area contributed by atoms with Crippen molar-refractivity contribution in [1.82, 2.24) is 9.97 Å². The fourth-order valence-corrected chi connectivity index (χ4v) is 3.53. The minimum atomic E-state index is -0.668. The number of anilines is 5. The van der Waals surface area contributed by atoms with Gasteiger partial charge in [0.1, 0.15) is 17.5 Å². The number of methoxy groups -OCH3 is 2. The average Bonchev–Trinajstić information content (AvgIpc) is 2.87. The SMILES string of the molecule is C=CC(=O)Nc1ccccc1Nc1ncc2c(n1)N(C)C(=O)C(c1cc(OC)cc(OC)c1)N2. The van der Waals surface area contributed by atoms with Crippen molar-refractivity contribution in [3.8, 4) is 11.5 Å². The minimum Gasteiger partial charge on any atom is -0.497 e. The van der Waals surface area contributed by atoms with Crippen molar-refractivity contribution in [2.75, 3.05) is 42.1 Å². The van der Waals surface area contributed by atoms with E-state index in [4.69, 9.17) is 9.47 Å². The van der Waals surface area contributed by atoms with E-state index < -0.39 is 6.04 Å². The number of ether oxygens (including phenoxy) is 2. The van der Waals surface area contributed by atoms with Crippen LogP contribution in [0.15, 0.2) is 61.3 Å². The van der Waals surface area contributed by atoms with Gasteiger partial charge in [-0.1, -0.05) is 18.7 Å². The Hall–Kier alpha value is -4.60. The lowest BCUT2D eigenvalue weighted by atomic mass is 10.0. The lowest BCUT2D eigenvalue weighted by Gasteiger charge is -2.32. The van der Waals surface area contributed by atoms with Gasteiger partial charge in [-0.05, 0) is 35.9 Å². The average molecular weight is 460 g/mol. The molecule has 4 rings (SSSR count). The van der Waals surface area contributed by atoms with Crippen LogP contribution in [0.2, 0.25) is 0 Å². The number of hydrogen-bond acceptors (Lipinski definition) is 8. The zero-order chi connectivity index (χ0) is 24.2. The second-order valence-corrected chi connectivity index (χ2v) is 7.42. The van der Waals surface area contributed by atoms with Gasteiger partial charge in [0.25, 0.3) is 5.91 Å². The highest BCUT2D eigenvalue weighted by Gasteiger charge is 2.33. The predicted octanol–water partition coefficient (Wildman–Crippen LogP) is 3.49. The first kappa shape index (κ1) is 22.6. The highest BCUT2D eigenvalue weighted by atomic mass is 16.5. The van der Waals surface area contributed by atoms with Gasteiger partial charge in [-0.3, -0.25) is 14.5 Å². The Balaban J connectivity index is 1.62. The van der Waals surface area contributed by atoms with E-state index in [1.54, 1.807) is 63.9 Å². The van der Waals surface area contributed by atoms with Crippen LogP contribution in [-0.4, -0.2) is 43.0 Å². The van der Waals surface area contributed by atoms with Crippen molar-refractivity contribution >= 4 is 40.6 Å². The predicted molar refractivity (Wildman–Crippen MR) is 130 cm³/mol. The van der Waals surface area contributed by atoms with E-state index in [2.05, 4.69) is 32.5 Å². The highest BCUT2D eigenvalue weighted by molar-refractivity contribution is 6.04. The van der Waals surface area contributed by atoms with Crippen molar-refractivity contribution < 1.29 is 19.1 Å². The van der Waals surface area contributed by atoms with Crippen LogP contribution in [0.5, 0.6) is 11.5 Å². The molecule has 0 saturated carbocycles. The summed E-state index contributed by atoms with van der Waals surface area (Å²) < 4.78 is 10.7. The molecule has 1 aromatic heterocycles. The Labute approximate surface area is 196 Å². The molecular weight excluding hydrogens is 436 g/mol. The van der Waals surface area contributed by atoms with Gasteiger partial charge in [0.05, 0.1) is 37.5 Å². The summed E-state index contributed by atoms with van der Waals surface area (Å²) in [5.41, 5.74) is 2.42. The maximum atomic E-state index is 13.2. The second-order valence-electron chi connectivity index (χ2n) is 7.42. The summed E-state index contributed by atoms with van der Waals surface area (Å²) >= 11 is 0. The van der Waals surface area contributed by atoms with Crippen LogP contribution >= 0.6 is 0 Å². The lowest BCUT2D eigenvalue weighted by Crippen LogP contribution is -2.40.